The van der Waals surface area contributed by atoms with Crippen molar-refractivity contribution < 1.29 is 14.3 Å². The summed E-state index contributed by atoms with van der Waals surface area (Å²) in [6.45, 7) is 14.5. The molecule has 5 nitrogen and oxygen atoms in total. The number of hydrogen-bond acceptors (Lipinski definition) is 4. The molecule has 0 unspecified atom stereocenters. The van der Waals surface area contributed by atoms with Crippen molar-refractivity contribution in [3.05, 3.63) is 66.1 Å². The van der Waals surface area contributed by atoms with Crippen LogP contribution in [0.15, 0.2) is 54.9 Å². The number of carbonyl (C=O) groups excluding carboxylic acids is 1. The van der Waals surface area contributed by atoms with Gasteiger partial charge in [-0.1, -0.05) is 56.5 Å². The first kappa shape index (κ1) is 29.3. The Balaban J connectivity index is 2.72. The van der Waals surface area contributed by atoms with Gasteiger partial charge in [-0.05, 0) is 64.6 Å². The van der Waals surface area contributed by atoms with Crippen molar-refractivity contribution in [3.63, 3.8) is 0 Å². The molecule has 1 atom stereocenters. The van der Waals surface area contributed by atoms with Crippen molar-refractivity contribution in [2.45, 2.75) is 84.9 Å². The molecule has 2 aromatic rings. The van der Waals surface area contributed by atoms with Gasteiger partial charge in [0, 0.05) is 37.1 Å². The first-order valence-electron chi connectivity index (χ1n) is 13.3. The molecule has 0 radical (unpaired) electrons. The Hall–Kier alpha value is -2.95. The average molecular weight is 495 g/mol. The lowest BCUT2D eigenvalue weighted by Gasteiger charge is -2.33. The fraction of sp³-hybridized carbons (Fsp3) is 0.516. The predicted molar refractivity (Wildman–Crippen MR) is 151 cm³/mol. The summed E-state index contributed by atoms with van der Waals surface area (Å²) in [5.74, 6) is 1.20. The van der Waals surface area contributed by atoms with E-state index in [1.807, 2.05) is 54.2 Å². The molecule has 1 amide bonds. The topological polar surface area (TPSA) is 42.0 Å². The van der Waals surface area contributed by atoms with Gasteiger partial charge >= 0.3 is 0 Å². The first-order chi connectivity index (χ1) is 17.1. The number of ether oxygens (including phenoxy) is 2. The van der Waals surface area contributed by atoms with Gasteiger partial charge in [0.1, 0.15) is 11.9 Å². The lowest BCUT2D eigenvalue weighted by Crippen LogP contribution is -2.42. The quantitative estimate of drug-likeness (QED) is 0.153. The molecule has 0 aliphatic rings. The van der Waals surface area contributed by atoms with Gasteiger partial charge < -0.3 is 19.3 Å². The number of allylic oxidation sites excluding steroid dienone is 1. The molecule has 0 saturated heterocycles. The number of methoxy groups -OCH3 is 1. The Kier molecular flexibility index (Phi) is 11.4. The Morgan fingerprint density at radius 1 is 1.03 bits per heavy atom. The van der Waals surface area contributed by atoms with E-state index in [0.717, 1.165) is 29.2 Å². The maximum atomic E-state index is 14.3. The zero-order valence-corrected chi connectivity index (χ0v) is 23.6. The van der Waals surface area contributed by atoms with Gasteiger partial charge in [0.05, 0.1) is 12.7 Å². The van der Waals surface area contributed by atoms with Crippen molar-refractivity contribution in [1.29, 1.82) is 0 Å². The van der Waals surface area contributed by atoms with Crippen LogP contribution in [0, 0.1) is 0 Å². The van der Waals surface area contributed by atoms with Crippen molar-refractivity contribution in [2.24, 2.45) is 0 Å². The molecular weight excluding hydrogens is 448 g/mol. The van der Waals surface area contributed by atoms with Crippen LogP contribution in [0.5, 0.6) is 5.75 Å². The molecule has 5 heteroatoms. The third-order valence-corrected chi connectivity index (χ3v) is 6.42. The summed E-state index contributed by atoms with van der Waals surface area (Å²) in [6.07, 6.45) is 9.57. The molecule has 36 heavy (non-hydrogen) atoms. The van der Waals surface area contributed by atoms with E-state index in [1.54, 1.807) is 7.11 Å². The number of nitrogens with zero attached hydrogens (tertiary/aromatic N) is 2. The van der Waals surface area contributed by atoms with E-state index in [1.165, 1.54) is 19.3 Å². The number of unbranched alkanes of at least 4 members (excludes halogenated alkanes) is 4. The van der Waals surface area contributed by atoms with E-state index in [9.17, 15) is 4.79 Å². The largest absolute Gasteiger partial charge is 0.496 e. The second-order valence-electron chi connectivity index (χ2n) is 10.1. The molecule has 2 aromatic carbocycles. The predicted octanol–water partition coefficient (Wildman–Crippen LogP) is 7.72. The van der Waals surface area contributed by atoms with Crippen LogP contribution >= 0.6 is 0 Å². The second-order valence-corrected chi connectivity index (χ2v) is 10.1. The second kappa shape index (κ2) is 14.0. The van der Waals surface area contributed by atoms with Crippen molar-refractivity contribution in [3.8, 4) is 5.75 Å². The van der Waals surface area contributed by atoms with Crippen molar-refractivity contribution in [2.75, 3.05) is 21.2 Å². The molecule has 0 spiro atoms. The maximum absolute atomic E-state index is 14.3. The molecule has 0 N–H and O–H groups in total. The highest BCUT2D eigenvalue weighted by molar-refractivity contribution is 6.11. The number of fused-ring (bicyclic) bond motifs is 1. The Morgan fingerprint density at radius 2 is 1.72 bits per heavy atom. The van der Waals surface area contributed by atoms with E-state index >= 15 is 0 Å². The highest BCUT2D eigenvalue weighted by Crippen LogP contribution is 2.37. The summed E-state index contributed by atoms with van der Waals surface area (Å²) in [7, 11) is 5.46. The fourth-order valence-corrected chi connectivity index (χ4v) is 4.56. The van der Waals surface area contributed by atoms with Gasteiger partial charge in [-0.25, -0.2) is 0 Å². The highest BCUT2D eigenvalue weighted by Gasteiger charge is 2.30. The van der Waals surface area contributed by atoms with Crippen LogP contribution in [-0.4, -0.2) is 49.0 Å². The van der Waals surface area contributed by atoms with E-state index in [-0.39, 0.29) is 18.0 Å². The minimum absolute atomic E-state index is 0.0227. The molecule has 0 bridgehead atoms. The van der Waals surface area contributed by atoms with Crippen LogP contribution in [0.1, 0.15) is 88.7 Å². The lowest BCUT2D eigenvalue weighted by molar-refractivity contribution is 0.0631. The van der Waals surface area contributed by atoms with Crippen molar-refractivity contribution in [1.82, 2.24) is 9.80 Å². The number of amides is 1. The standard InChI is InChI=1S/C31H46N2O3/c1-10-11-12-13-14-15-18-27(36-24(6)32(7)8)26-21-20-25-17-16-19-28(35-9)29(25)30(26)31(34)33(22(2)3)23(4)5/h15-23,27H,6,10-14H2,1-5,7-9H3/b18-15-/t27-/m1/s1. The zero-order valence-electron chi connectivity index (χ0n) is 23.6. The smallest absolute Gasteiger partial charge is 0.255 e. The van der Waals surface area contributed by atoms with Gasteiger partial charge in [0.2, 0.25) is 0 Å². The van der Waals surface area contributed by atoms with Gasteiger partial charge in [0.25, 0.3) is 5.91 Å². The maximum Gasteiger partial charge on any atom is 0.255 e. The van der Waals surface area contributed by atoms with Crippen LogP contribution < -0.4 is 4.74 Å². The third-order valence-electron chi connectivity index (χ3n) is 6.42. The molecule has 2 rings (SSSR count). The molecule has 0 aromatic heterocycles. The Labute approximate surface area is 218 Å². The van der Waals surface area contributed by atoms with E-state index in [2.05, 4.69) is 53.3 Å². The van der Waals surface area contributed by atoms with Crippen LogP contribution in [0.25, 0.3) is 10.8 Å². The zero-order chi connectivity index (χ0) is 26.8. The number of benzene rings is 2. The fourth-order valence-electron chi connectivity index (χ4n) is 4.56. The van der Waals surface area contributed by atoms with Gasteiger partial charge in [-0.3, -0.25) is 4.79 Å². The van der Waals surface area contributed by atoms with Gasteiger partial charge in [0.15, 0.2) is 5.88 Å². The van der Waals surface area contributed by atoms with Crippen molar-refractivity contribution >= 4 is 16.7 Å². The molecule has 0 heterocycles. The number of rotatable bonds is 14. The van der Waals surface area contributed by atoms with Gasteiger partial charge in [-0.2, -0.15) is 0 Å². The molecule has 0 aliphatic carbocycles. The van der Waals surface area contributed by atoms with E-state index in [4.69, 9.17) is 9.47 Å². The molecule has 198 valence electrons. The van der Waals surface area contributed by atoms with Crippen LogP contribution in [0.4, 0.5) is 0 Å². The molecule has 0 saturated carbocycles. The summed E-state index contributed by atoms with van der Waals surface area (Å²) in [6, 6.07) is 10.0. The van der Waals surface area contributed by atoms with Crippen LogP contribution in [0.3, 0.4) is 0 Å². The molecular formula is C31H46N2O3. The van der Waals surface area contributed by atoms with Gasteiger partial charge in [-0.15, -0.1) is 0 Å². The molecule has 0 aliphatic heterocycles. The average Bonchev–Trinajstić information content (AvgIpc) is 2.83. The number of carbonyl (C=O) groups is 1. The lowest BCUT2D eigenvalue weighted by atomic mass is 9.92. The van der Waals surface area contributed by atoms with Crippen LogP contribution in [0.2, 0.25) is 0 Å². The summed E-state index contributed by atoms with van der Waals surface area (Å²) >= 11 is 0. The summed E-state index contributed by atoms with van der Waals surface area (Å²) in [5, 5.41) is 1.77. The first-order valence-corrected chi connectivity index (χ1v) is 13.3. The summed E-state index contributed by atoms with van der Waals surface area (Å²) in [4.78, 5) is 18.0. The normalized spacial score (nSPS) is 12.4. The van der Waals surface area contributed by atoms with Crippen LogP contribution in [-0.2, 0) is 4.74 Å². The summed E-state index contributed by atoms with van der Waals surface area (Å²) in [5.41, 5.74) is 1.44. The molecule has 0 fully saturated rings. The minimum atomic E-state index is -0.458. The number of hydrogen-bond donors (Lipinski definition) is 0. The monoisotopic (exact) mass is 494 g/mol. The third kappa shape index (κ3) is 7.28. The minimum Gasteiger partial charge on any atom is -0.496 e. The van der Waals surface area contributed by atoms with E-state index < -0.39 is 6.10 Å². The Bertz CT molecular complexity index is 1030. The Morgan fingerprint density at radius 3 is 2.31 bits per heavy atom. The van der Waals surface area contributed by atoms with E-state index in [0.29, 0.717) is 17.2 Å². The summed E-state index contributed by atoms with van der Waals surface area (Å²) < 4.78 is 12.1. The SMILES string of the molecule is C=C(O[C@H](/C=C\CCCCCC)c1ccc2cccc(OC)c2c1C(=O)N(C(C)C)C(C)C)N(C)C. The highest BCUT2D eigenvalue weighted by atomic mass is 16.5.